The van der Waals surface area contributed by atoms with Gasteiger partial charge < -0.3 is 10.1 Å². The molecule has 1 saturated heterocycles. The summed E-state index contributed by atoms with van der Waals surface area (Å²) in [5.41, 5.74) is 4.18. The van der Waals surface area contributed by atoms with E-state index in [0.29, 0.717) is 12.3 Å². The Morgan fingerprint density at radius 1 is 1.26 bits per heavy atom. The van der Waals surface area contributed by atoms with Crippen LogP contribution in [0.5, 0.6) is 5.75 Å². The van der Waals surface area contributed by atoms with E-state index in [4.69, 9.17) is 4.74 Å². The van der Waals surface area contributed by atoms with Gasteiger partial charge in [0.2, 0.25) is 5.91 Å². The van der Waals surface area contributed by atoms with Crippen LogP contribution >= 0.6 is 31.9 Å². The zero-order valence-electron chi connectivity index (χ0n) is 14.4. The van der Waals surface area contributed by atoms with Crippen LogP contribution in [0.25, 0.3) is 0 Å². The molecule has 0 aromatic heterocycles. The smallest absolute Gasteiger partial charge is 0.253 e. The van der Waals surface area contributed by atoms with Gasteiger partial charge in [-0.05, 0) is 55.1 Å². The number of carbonyl (C=O) groups is 2. The Kier molecular flexibility index (Phi) is 6.28. The van der Waals surface area contributed by atoms with Gasteiger partial charge in [0.1, 0.15) is 11.7 Å². The zero-order chi connectivity index (χ0) is 19.4. The predicted molar refractivity (Wildman–Crippen MR) is 110 cm³/mol. The first-order valence-electron chi connectivity index (χ1n) is 8.20. The van der Waals surface area contributed by atoms with Crippen LogP contribution in [0.2, 0.25) is 0 Å². The van der Waals surface area contributed by atoms with Crippen molar-refractivity contribution in [3.05, 3.63) is 62.5 Å². The summed E-state index contributed by atoms with van der Waals surface area (Å²) < 4.78 is 6.77. The highest BCUT2D eigenvalue weighted by Crippen LogP contribution is 2.34. The second kappa shape index (κ2) is 8.67. The Morgan fingerprint density at radius 2 is 1.93 bits per heavy atom. The standard InChI is InChI=1S/C19H17Br2N3O3/c1-27-17-14(20)7-11(8-15(17)21)9-23-24-19(26)16-13(10-22-18(16)25)12-5-3-2-4-6-12/h2-9,13,16H,10H2,1H3,(H,22,25)(H,24,26)/t13-,16+/m1/s1. The van der Waals surface area contributed by atoms with Crippen molar-refractivity contribution in [2.75, 3.05) is 13.7 Å². The zero-order valence-corrected chi connectivity index (χ0v) is 17.6. The molecular weight excluding hydrogens is 478 g/mol. The minimum Gasteiger partial charge on any atom is -0.494 e. The summed E-state index contributed by atoms with van der Waals surface area (Å²) in [4.78, 5) is 24.7. The van der Waals surface area contributed by atoms with Gasteiger partial charge >= 0.3 is 0 Å². The molecular formula is C19H17Br2N3O3. The molecule has 0 spiro atoms. The normalized spacial score (nSPS) is 19.1. The second-order valence-corrected chi connectivity index (χ2v) is 7.70. The number of rotatable bonds is 5. The van der Waals surface area contributed by atoms with Gasteiger partial charge in [-0.2, -0.15) is 5.10 Å². The maximum atomic E-state index is 12.5. The van der Waals surface area contributed by atoms with E-state index in [-0.39, 0.29) is 11.8 Å². The minimum absolute atomic E-state index is 0.210. The van der Waals surface area contributed by atoms with Crippen LogP contribution in [0.4, 0.5) is 0 Å². The monoisotopic (exact) mass is 493 g/mol. The number of ether oxygens (including phenoxy) is 1. The van der Waals surface area contributed by atoms with Crippen LogP contribution in [-0.2, 0) is 9.59 Å². The first-order chi connectivity index (χ1) is 13.0. The second-order valence-electron chi connectivity index (χ2n) is 5.99. The average molecular weight is 495 g/mol. The van der Waals surface area contributed by atoms with Crippen molar-refractivity contribution in [3.63, 3.8) is 0 Å². The third kappa shape index (κ3) is 4.39. The lowest BCUT2D eigenvalue weighted by atomic mass is 9.88. The Labute approximate surface area is 173 Å². The summed E-state index contributed by atoms with van der Waals surface area (Å²) in [5, 5.41) is 6.76. The molecule has 1 heterocycles. The minimum atomic E-state index is -0.807. The van der Waals surface area contributed by atoms with Crippen LogP contribution < -0.4 is 15.5 Å². The molecule has 6 nitrogen and oxygen atoms in total. The molecule has 3 rings (SSSR count). The van der Waals surface area contributed by atoms with Gasteiger partial charge in [-0.15, -0.1) is 0 Å². The summed E-state index contributed by atoms with van der Waals surface area (Å²) in [5.74, 6) is -1.06. The number of benzene rings is 2. The van der Waals surface area contributed by atoms with Crippen molar-refractivity contribution in [2.45, 2.75) is 5.92 Å². The van der Waals surface area contributed by atoms with E-state index in [1.165, 1.54) is 6.21 Å². The SMILES string of the molecule is COc1c(Br)cc(C=NNC(=O)[C@@H]2C(=O)NC[C@@H]2c2ccccc2)cc1Br. The fourth-order valence-electron chi connectivity index (χ4n) is 3.02. The molecule has 0 radical (unpaired) electrons. The molecule has 1 aliphatic rings. The van der Waals surface area contributed by atoms with Crippen molar-refractivity contribution in [2.24, 2.45) is 11.0 Å². The number of hydrogen-bond donors (Lipinski definition) is 2. The van der Waals surface area contributed by atoms with E-state index in [0.717, 1.165) is 20.1 Å². The number of carbonyl (C=O) groups excluding carboxylic acids is 2. The van der Waals surface area contributed by atoms with Crippen molar-refractivity contribution in [3.8, 4) is 5.75 Å². The van der Waals surface area contributed by atoms with Crippen molar-refractivity contribution in [1.82, 2.24) is 10.7 Å². The first kappa shape index (κ1) is 19.6. The van der Waals surface area contributed by atoms with Gasteiger partial charge in [-0.1, -0.05) is 30.3 Å². The van der Waals surface area contributed by atoms with Gasteiger partial charge in [0, 0.05) is 12.5 Å². The van der Waals surface area contributed by atoms with E-state index < -0.39 is 11.8 Å². The van der Waals surface area contributed by atoms with Crippen molar-refractivity contribution < 1.29 is 14.3 Å². The highest BCUT2D eigenvalue weighted by molar-refractivity contribution is 9.11. The fraction of sp³-hybridized carbons (Fsp3) is 0.211. The average Bonchev–Trinajstić information content (AvgIpc) is 3.04. The van der Waals surface area contributed by atoms with E-state index in [2.05, 4.69) is 47.7 Å². The van der Waals surface area contributed by atoms with Gasteiger partial charge in [-0.25, -0.2) is 5.43 Å². The predicted octanol–water partition coefficient (Wildman–Crippen LogP) is 3.20. The number of methoxy groups -OCH3 is 1. The van der Waals surface area contributed by atoms with E-state index in [9.17, 15) is 9.59 Å². The Bertz CT molecular complexity index is 864. The summed E-state index contributed by atoms with van der Waals surface area (Å²) in [6.07, 6.45) is 1.51. The van der Waals surface area contributed by atoms with Crippen LogP contribution in [-0.4, -0.2) is 31.7 Å². The van der Waals surface area contributed by atoms with Crippen molar-refractivity contribution in [1.29, 1.82) is 0 Å². The quantitative estimate of drug-likeness (QED) is 0.380. The number of amides is 2. The number of halogens is 2. The molecule has 2 aromatic carbocycles. The number of nitrogens with zero attached hydrogens (tertiary/aromatic N) is 1. The lowest BCUT2D eigenvalue weighted by Crippen LogP contribution is -2.34. The molecule has 0 unspecified atom stereocenters. The van der Waals surface area contributed by atoms with Crippen LogP contribution in [0, 0.1) is 5.92 Å². The maximum absolute atomic E-state index is 12.5. The highest BCUT2D eigenvalue weighted by atomic mass is 79.9. The molecule has 0 bridgehead atoms. The molecule has 2 atom stereocenters. The van der Waals surface area contributed by atoms with Crippen LogP contribution in [0.3, 0.4) is 0 Å². The number of nitrogens with one attached hydrogen (secondary N) is 2. The Hall–Kier alpha value is -2.19. The molecule has 2 aromatic rings. The van der Waals surface area contributed by atoms with Crippen molar-refractivity contribution >= 4 is 49.9 Å². The third-order valence-electron chi connectivity index (χ3n) is 4.30. The largest absolute Gasteiger partial charge is 0.494 e. The number of hydrogen-bond acceptors (Lipinski definition) is 4. The maximum Gasteiger partial charge on any atom is 0.253 e. The molecule has 0 saturated carbocycles. The topological polar surface area (TPSA) is 79.8 Å². The number of hydrazone groups is 1. The van der Waals surface area contributed by atoms with Gasteiger partial charge in [0.15, 0.2) is 0 Å². The molecule has 1 fully saturated rings. The lowest BCUT2D eigenvalue weighted by Gasteiger charge is -2.15. The summed E-state index contributed by atoms with van der Waals surface area (Å²) in [7, 11) is 1.58. The van der Waals surface area contributed by atoms with E-state index in [1.54, 1.807) is 7.11 Å². The molecule has 1 aliphatic heterocycles. The Balaban J connectivity index is 1.71. The lowest BCUT2D eigenvalue weighted by molar-refractivity contribution is -0.133. The van der Waals surface area contributed by atoms with Crippen LogP contribution in [0.1, 0.15) is 17.0 Å². The summed E-state index contributed by atoms with van der Waals surface area (Å²) in [6.45, 7) is 0.434. The summed E-state index contributed by atoms with van der Waals surface area (Å²) >= 11 is 6.84. The van der Waals surface area contributed by atoms with Gasteiger partial charge in [0.05, 0.1) is 22.3 Å². The molecule has 140 valence electrons. The molecule has 2 N–H and O–H groups in total. The molecule has 0 aliphatic carbocycles. The highest BCUT2D eigenvalue weighted by Gasteiger charge is 2.40. The Morgan fingerprint density at radius 3 is 2.56 bits per heavy atom. The van der Waals surface area contributed by atoms with Gasteiger partial charge in [-0.3, -0.25) is 9.59 Å². The fourth-order valence-corrected chi connectivity index (χ4v) is 4.57. The van der Waals surface area contributed by atoms with Crippen LogP contribution in [0.15, 0.2) is 56.5 Å². The van der Waals surface area contributed by atoms with E-state index >= 15 is 0 Å². The third-order valence-corrected chi connectivity index (χ3v) is 5.48. The van der Waals surface area contributed by atoms with E-state index in [1.807, 2.05) is 42.5 Å². The molecule has 8 heteroatoms. The first-order valence-corrected chi connectivity index (χ1v) is 9.78. The van der Waals surface area contributed by atoms with Gasteiger partial charge in [0.25, 0.3) is 5.91 Å². The summed E-state index contributed by atoms with van der Waals surface area (Å²) in [6, 6.07) is 13.2. The molecule has 2 amide bonds. The molecule has 27 heavy (non-hydrogen) atoms.